The van der Waals surface area contributed by atoms with E-state index < -0.39 is 29.9 Å². The average Bonchev–Trinajstić information content (AvgIpc) is 3.21. The molecule has 0 bridgehead atoms. The molecule has 0 radical (unpaired) electrons. The largest absolute Gasteiger partial charge is 0.477 e. The number of carboxylic acids is 1. The van der Waals surface area contributed by atoms with Crippen molar-refractivity contribution in [2.45, 2.75) is 18.6 Å². The Balaban J connectivity index is 1.53. The maximum absolute atomic E-state index is 12.9. The number of nitrogens with zero attached hydrogens (tertiary/aromatic N) is 4. The SMILES string of the molecule is CON=C(C(=O)NC1C(=O)N2C(C(=O)O)=C(C[n+]3ccccc3)SCC12)c1csc(N)n1. The van der Waals surface area contributed by atoms with Crippen LogP contribution in [0.15, 0.2) is 51.7 Å². The van der Waals surface area contributed by atoms with Crippen molar-refractivity contribution in [3.8, 4) is 0 Å². The molecule has 2 amide bonds. The standard InChI is InChI=1S/C19H18N6O5S2/c1-30-23-13(10-8-32-19(20)21-10)16(26)22-14-11-9-31-12(7-24-5-3-2-4-6-24)15(18(28)29)25(11)17(14)27/h2-6,8,11,14H,7,9H2,1H3,(H3-,20,21,22,26,28,29)/p+1. The lowest BCUT2D eigenvalue weighted by Gasteiger charge is -2.49. The fourth-order valence-corrected chi connectivity index (χ4v) is 5.31. The molecule has 32 heavy (non-hydrogen) atoms. The first-order valence-corrected chi connectivity index (χ1v) is 11.3. The predicted octanol–water partition coefficient (Wildman–Crippen LogP) is -0.198. The number of nitrogens with two attached hydrogens (primary N) is 1. The second-order valence-corrected chi connectivity index (χ2v) is 8.86. The quantitative estimate of drug-likeness (QED) is 0.216. The molecule has 11 nitrogen and oxygen atoms in total. The second-order valence-electron chi connectivity index (χ2n) is 6.86. The third-order valence-electron chi connectivity index (χ3n) is 4.91. The molecule has 2 unspecified atom stereocenters. The van der Waals surface area contributed by atoms with Crippen LogP contribution in [0.5, 0.6) is 0 Å². The number of carbonyl (C=O) groups is 3. The second kappa shape index (κ2) is 8.96. The smallest absolute Gasteiger partial charge is 0.353 e. The van der Waals surface area contributed by atoms with Gasteiger partial charge >= 0.3 is 5.97 Å². The number of aromatic nitrogens is 2. The highest BCUT2D eigenvalue weighted by molar-refractivity contribution is 8.03. The van der Waals surface area contributed by atoms with E-state index in [4.69, 9.17) is 10.6 Å². The number of thiazole rings is 1. The first-order valence-electron chi connectivity index (χ1n) is 9.40. The summed E-state index contributed by atoms with van der Waals surface area (Å²) < 4.78 is 1.84. The highest BCUT2D eigenvalue weighted by atomic mass is 32.2. The Hall–Kier alpha value is -3.45. The van der Waals surface area contributed by atoms with Crippen molar-refractivity contribution in [2.75, 3.05) is 18.6 Å². The molecule has 166 valence electrons. The molecule has 2 aliphatic rings. The number of fused-ring (bicyclic) bond motifs is 1. The molecular formula is C19H19N6O5S2+. The maximum Gasteiger partial charge on any atom is 0.353 e. The van der Waals surface area contributed by atoms with E-state index in [0.29, 0.717) is 17.2 Å². The number of nitrogen functional groups attached to an aromatic ring is 1. The Morgan fingerprint density at radius 2 is 2.16 bits per heavy atom. The molecule has 0 aromatic carbocycles. The Labute approximate surface area is 190 Å². The Morgan fingerprint density at radius 1 is 1.41 bits per heavy atom. The van der Waals surface area contributed by atoms with Crippen LogP contribution in [-0.2, 0) is 25.8 Å². The Bertz CT molecular complexity index is 1130. The zero-order valence-corrected chi connectivity index (χ0v) is 18.4. The van der Waals surface area contributed by atoms with Crippen LogP contribution < -0.4 is 15.6 Å². The number of anilines is 1. The fraction of sp³-hybridized carbons (Fsp3) is 0.263. The predicted molar refractivity (Wildman–Crippen MR) is 116 cm³/mol. The maximum atomic E-state index is 12.9. The highest BCUT2D eigenvalue weighted by Crippen LogP contribution is 2.39. The molecule has 0 saturated carbocycles. The first-order chi connectivity index (χ1) is 15.4. The molecule has 2 atom stereocenters. The van der Waals surface area contributed by atoms with Crippen LogP contribution in [-0.4, -0.2) is 63.4 Å². The van der Waals surface area contributed by atoms with Crippen molar-refractivity contribution < 1.29 is 28.9 Å². The van der Waals surface area contributed by atoms with Crippen molar-refractivity contribution >= 4 is 51.7 Å². The number of rotatable bonds is 7. The number of oxime groups is 1. The normalized spacial score (nSPS) is 20.5. The number of aliphatic carboxylic acids is 1. The molecule has 2 aromatic heterocycles. The molecular weight excluding hydrogens is 456 g/mol. The van der Waals surface area contributed by atoms with Gasteiger partial charge in [-0.05, 0) is 0 Å². The van der Waals surface area contributed by atoms with Crippen molar-refractivity contribution in [1.29, 1.82) is 0 Å². The van der Waals surface area contributed by atoms with E-state index in [-0.39, 0.29) is 22.2 Å². The molecule has 0 aliphatic carbocycles. The van der Waals surface area contributed by atoms with Crippen LogP contribution in [0, 0.1) is 0 Å². The molecule has 2 aliphatic heterocycles. The van der Waals surface area contributed by atoms with Crippen molar-refractivity contribution in [3.63, 3.8) is 0 Å². The van der Waals surface area contributed by atoms with Gasteiger partial charge in [-0.25, -0.2) is 14.3 Å². The van der Waals surface area contributed by atoms with Crippen molar-refractivity contribution in [2.24, 2.45) is 5.16 Å². The zero-order valence-electron chi connectivity index (χ0n) is 16.8. The van der Waals surface area contributed by atoms with Crippen LogP contribution in [0.3, 0.4) is 0 Å². The van der Waals surface area contributed by atoms with Gasteiger partial charge in [0.1, 0.15) is 24.5 Å². The number of pyridine rings is 1. The van der Waals surface area contributed by atoms with Crippen LogP contribution in [0.2, 0.25) is 0 Å². The van der Waals surface area contributed by atoms with Crippen molar-refractivity contribution in [1.82, 2.24) is 15.2 Å². The average molecular weight is 476 g/mol. The molecule has 0 spiro atoms. The summed E-state index contributed by atoms with van der Waals surface area (Å²) in [6, 6.07) is 4.17. The van der Waals surface area contributed by atoms with E-state index in [2.05, 4.69) is 15.5 Å². The van der Waals surface area contributed by atoms with E-state index in [1.54, 1.807) is 5.38 Å². The number of thioether (sulfide) groups is 1. The third kappa shape index (κ3) is 4.03. The lowest BCUT2D eigenvalue weighted by molar-refractivity contribution is -0.687. The first kappa shape index (κ1) is 21.8. The lowest BCUT2D eigenvalue weighted by atomic mass is 9.94. The van der Waals surface area contributed by atoms with Crippen molar-refractivity contribution in [3.05, 3.63) is 52.3 Å². The van der Waals surface area contributed by atoms with Gasteiger partial charge in [-0.3, -0.25) is 14.5 Å². The Morgan fingerprint density at radius 3 is 2.78 bits per heavy atom. The number of carbonyl (C=O) groups excluding carboxylic acids is 2. The monoisotopic (exact) mass is 475 g/mol. The van der Waals surface area contributed by atoms with E-state index in [1.807, 2.05) is 35.2 Å². The van der Waals surface area contributed by atoms with Gasteiger partial charge < -0.3 is 21.0 Å². The van der Waals surface area contributed by atoms with Gasteiger partial charge in [0.15, 0.2) is 29.8 Å². The highest BCUT2D eigenvalue weighted by Gasteiger charge is 2.54. The fourth-order valence-electron chi connectivity index (χ4n) is 3.49. The number of hydrogen-bond acceptors (Lipinski definition) is 9. The summed E-state index contributed by atoms with van der Waals surface area (Å²) in [5.41, 5.74) is 5.67. The van der Waals surface area contributed by atoms with Gasteiger partial charge in [0.2, 0.25) is 0 Å². The van der Waals surface area contributed by atoms with Gasteiger partial charge in [-0.2, -0.15) is 0 Å². The molecule has 1 saturated heterocycles. The minimum atomic E-state index is -1.19. The lowest BCUT2D eigenvalue weighted by Crippen LogP contribution is -2.73. The number of nitrogens with one attached hydrogen (secondary N) is 1. The Kier molecular flexibility index (Phi) is 6.10. The van der Waals surface area contributed by atoms with E-state index in [0.717, 1.165) is 11.3 Å². The molecule has 4 N–H and O–H groups in total. The molecule has 13 heteroatoms. The summed E-state index contributed by atoms with van der Waals surface area (Å²) in [5.74, 6) is -1.90. The van der Waals surface area contributed by atoms with Crippen LogP contribution in [0.1, 0.15) is 5.69 Å². The van der Waals surface area contributed by atoms with E-state index in [9.17, 15) is 19.5 Å². The number of carboxylic acid groups (broad SMARTS) is 1. The molecule has 4 rings (SSSR count). The summed E-state index contributed by atoms with van der Waals surface area (Å²) in [6.07, 6.45) is 3.64. The number of allylic oxidation sites excluding steroid dienone is 1. The van der Waals surface area contributed by atoms with Crippen LogP contribution in [0.25, 0.3) is 0 Å². The third-order valence-corrected chi connectivity index (χ3v) is 6.76. The summed E-state index contributed by atoms with van der Waals surface area (Å²) in [6.45, 7) is 0.330. The molecule has 2 aromatic rings. The van der Waals surface area contributed by atoms with Gasteiger partial charge in [0.25, 0.3) is 11.8 Å². The van der Waals surface area contributed by atoms with Gasteiger partial charge in [-0.1, -0.05) is 11.2 Å². The summed E-state index contributed by atoms with van der Waals surface area (Å²) >= 11 is 2.50. The van der Waals surface area contributed by atoms with Crippen LogP contribution in [0.4, 0.5) is 5.13 Å². The van der Waals surface area contributed by atoms with E-state index >= 15 is 0 Å². The topological polar surface area (TPSA) is 151 Å². The number of β-lactam (4-membered cyclic amide) rings is 1. The van der Waals surface area contributed by atoms with Crippen LogP contribution >= 0.6 is 23.1 Å². The van der Waals surface area contributed by atoms with Gasteiger partial charge in [-0.15, -0.1) is 23.1 Å². The minimum Gasteiger partial charge on any atom is -0.477 e. The summed E-state index contributed by atoms with van der Waals surface area (Å²) in [4.78, 5) is 48.2. The number of amides is 2. The molecule has 1 fully saturated rings. The summed E-state index contributed by atoms with van der Waals surface area (Å²) in [7, 11) is 1.28. The van der Waals surface area contributed by atoms with Gasteiger partial charge in [0, 0.05) is 23.3 Å². The van der Waals surface area contributed by atoms with Gasteiger partial charge in [0.05, 0.1) is 10.9 Å². The summed E-state index contributed by atoms with van der Waals surface area (Å²) in [5, 5.41) is 17.9. The minimum absolute atomic E-state index is 0.0591. The number of hydrogen-bond donors (Lipinski definition) is 3. The molecule has 4 heterocycles. The van der Waals surface area contributed by atoms with E-state index in [1.165, 1.54) is 23.8 Å². The zero-order chi connectivity index (χ0) is 22.8.